The average molecular weight is 307 g/mol. The number of piperidine rings is 1. The van der Waals surface area contributed by atoms with E-state index >= 15 is 0 Å². The molecule has 4 nitrogen and oxygen atoms in total. The van der Waals surface area contributed by atoms with Crippen LogP contribution in [-0.2, 0) is 9.53 Å². The van der Waals surface area contributed by atoms with Crippen molar-refractivity contribution >= 4 is 11.9 Å². The maximum Gasteiger partial charge on any atom is 0.410 e. The Labute approximate surface area is 130 Å². The molecule has 0 radical (unpaired) electrons. The molecule has 1 amide bonds. The summed E-state index contributed by atoms with van der Waals surface area (Å²) >= 11 is 0. The lowest BCUT2D eigenvalue weighted by atomic mass is 9.86. The first-order valence-electron chi connectivity index (χ1n) is 7.44. The number of Topliss-reactive ketones (excluding diaryl/α,β-unsaturated/α-hetero) is 1. The highest BCUT2D eigenvalue weighted by Gasteiger charge is 2.33. The second-order valence-electron chi connectivity index (χ2n) is 6.71. The number of nitrogens with zero attached hydrogens (tertiary/aromatic N) is 1. The number of halogens is 1. The Kier molecular flexibility index (Phi) is 4.54. The standard InChI is InChI=1S/C17H22FNO3/c1-11-9-12(18)5-6-13(11)14-7-8-19(10-15(14)20)16(21)22-17(2,3)4/h5-6,9,14H,7-8,10H2,1-4H3/t14-/m1/s1. The summed E-state index contributed by atoms with van der Waals surface area (Å²) in [6.45, 7) is 7.68. The van der Waals surface area contributed by atoms with Crippen LogP contribution in [0.1, 0.15) is 44.2 Å². The number of hydrogen-bond acceptors (Lipinski definition) is 3. The Bertz CT molecular complexity index is 592. The molecule has 1 fully saturated rings. The fourth-order valence-electron chi connectivity index (χ4n) is 2.66. The number of carbonyl (C=O) groups is 2. The van der Waals surface area contributed by atoms with Crippen LogP contribution >= 0.6 is 0 Å². The summed E-state index contributed by atoms with van der Waals surface area (Å²) in [6.07, 6.45) is 0.0694. The minimum Gasteiger partial charge on any atom is -0.444 e. The van der Waals surface area contributed by atoms with Crippen molar-refractivity contribution in [2.45, 2.75) is 45.6 Å². The zero-order chi connectivity index (χ0) is 16.5. The van der Waals surface area contributed by atoms with Crippen LogP contribution in [-0.4, -0.2) is 35.5 Å². The third kappa shape index (κ3) is 3.84. The molecule has 2 rings (SSSR count). The molecule has 1 atom stereocenters. The summed E-state index contributed by atoms with van der Waals surface area (Å²) in [5.41, 5.74) is 1.03. The SMILES string of the molecule is Cc1cc(F)ccc1[C@H]1CCN(C(=O)OC(C)(C)C)CC1=O. The van der Waals surface area contributed by atoms with Gasteiger partial charge in [-0.15, -0.1) is 0 Å². The number of aryl methyl sites for hydroxylation is 1. The first kappa shape index (κ1) is 16.5. The van der Waals surface area contributed by atoms with Crippen LogP contribution in [0.4, 0.5) is 9.18 Å². The third-order valence-corrected chi connectivity index (χ3v) is 3.68. The molecule has 22 heavy (non-hydrogen) atoms. The van der Waals surface area contributed by atoms with Crippen LogP contribution in [0.3, 0.4) is 0 Å². The van der Waals surface area contributed by atoms with Gasteiger partial charge in [-0.25, -0.2) is 9.18 Å². The fraction of sp³-hybridized carbons (Fsp3) is 0.529. The first-order chi connectivity index (χ1) is 10.2. The van der Waals surface area contributed by atoms with E-state index in [0.717, 1.165) is 11.1 Å². The van der Waals surface area contributed by atoms with Gasteiger partial charge in [0, 0.05) is 12.5 Å². The molecule has 1 aromatic rings. The molecule has 1 aliphatic heterocycles. The zero-order valence-corrected chi connectivity index (χ0v) is 13.5. The maximum absolute atomic E-state index is 13.2. The van der Waals surface area contributed by atoms with E-state index in [1.54, 1.807) is 33.8 Å². The van der Waals surface area contributed by atoms with Crippen molar-refractivity contribution in [3.05, 3.63) is 35.1 Å². The quantitative estimate of drug-likeness (QED) is 0.798. The van der Waals surface area contributed by atoms with E-state index in [-0.39, 0.29) is 24.1 Å². The minimum absolute atomic E-state index is 0.0354. The fourth-order valence-corrected chi connectivity index (χ4v) is 2.66. The van der Waals surface area contributed by atoms with Gasteiger partial charge in [0.2, 0.25) is 0 Å². The summed E-state index contributed by atoms with van der Waals surface area (Å²) in [6, 6.07) is 4.47. The highest BCUT2D eigenvalue weighted by molar-refractivity contribution is 5.91. The van der Waals surface area contributed by atoms with Crippen molar-refractivity contribution in [2.24, 2.45) is 0 Å². The van der Waals surface area contributed by atoms with Gasteiger partial charge in [-0.2, -0.15) is 0 Å². The molecule has 120 valence electrons. The number of amides is 1. The van der Waals surface area contributed by atoms with E-state index in [1.165, 1.54) is 17.0 Å². The second kappa shape index (κ2) is 6.07. The van der Waals surface area contributed by atoms with Crippen LogP contribution in [0, 0.1) is 12.7 Å². The first-order valence-corrected chi connectivity index (χ1v) is 7.44. The molecule has 0 N–H and O–H groups in total. The molecule has 0 bridgehead atoms. The van der Waals surface area contributed by atoms with Gasteiger partial charge in [-0.05, 0) is 57.4 Å². The van der Waals surface area contributed by atoms with Gasteiger partial charge in [-0.1, -0.05) is 6.07 Å². The van der Waals surface area contributed by atoms with Crippen molar-refractivity contribution in [3.8, 4) is 0 Å². The van der Waals surface area contributed by atoms with Gasteiger partial charge in [0.15, 0.2) is 5.78 Å². The van der Waals surface area contributed by atoms with Gasteiger partial charge in [0.25, 0.3) is 0 Å². The molecule has 1 aromatic carbocycles. The Balaban J connectivity index is 2.07. The van der Waals surface area contributed by atoms with E-state index in [4.69, 9.17) is 4.74 Å². The Hall–Kier alpha value is -1.91. The van der Waals surface area contributed by atoms with Crippen LogP contribution in [0.5, 0.6) is 0 Å². The van der Waals surface area contributed by atoms with E-state index in [1.807, 2.05) is 0 Å². The largest absolute Gasteiger partial charge is 0.444 e. The minimum atomic E-state index is -0.579. The highest BCUT2D eigenvalue weighted by atomic mass is 19.1. The van der Waals surface area contributed by atoms with Crippen molar-refractivity contribution in [2.75, 3.05) is 13.1 Å². The van der Waals surface area contributed by atoms with Crippen molar-refractivity contribution < 1.29 is 18.7 Å². The summed E-state index contributed by atoms with van der Waals surface area (Å²) in [4.78, 5) is 25.8. The number of likely N-dealkylation sites (tertiary alicyclic amines) is 1. The molecule has 0 aromatic heterocycles. The number of carbonyl (C=O) groups excluding carboxylic acids is 2. The highest BCUT2D eigenvalue weighted by Crippen LogP contribution is 2.29. The van der Waals surface area contributed by atoms with Crippen LogP contribution < -0.4 is 0 Å². The predicted octanol–water partition coefficient (Wildman–Crippen LogP) is 3.43. The Morgan fingerprint density at radius 2 is 2.05 bits per heavy atom. The number of rotatable bonds is 1. The molecule has 0 spiro atoms. The lowest BCUT2D eigenvalue weighted by molar-refractivity contribution is -0.123. The van der Waals surface area contributed by atoms with Gasteiger partial charge < -0.3 is 9.64 Å². The van der Waals surface area contributed by atoms with Crippen molar-refractivity contribution in [1.29, 1.82) is 0 Å². The molecular weight excluding hydrogens is 285 g/mol. The molecule has 1 saturated heterocycles. The van der Waals surface area contributed by atoms with Gasteiger partial charge >= 0.3 is 6.09 Å². The Morgan fingerprint density at radius 3 is 2.59 bits per heavy atom. The molecule has 1 aliphatic rings. The van der Waals surface area contributed by atoms with E-state index < -0.39 is 11.7 Å². The van der Waals surface area contributed by atoms with Crippen molar-refractivity contribution in [1.82, 2.24) is 4.90 Å². The average Bonchev–Trinajstić information content (AvgIpc) is 2.37. The lowest BCUT2D eigenvalue weighted by Crippen LogP contribution is -2.45. The Morgan fingerprint density at radius 1 is 1.36 bits per heavy atom. The predicted molar refractivity (Wildman–Crippen MR) is 81.3 cm³/mol. The summed E-state index contributed by atoms with van der Waals surface area (Å²) in [5.74, 6) is -0.619. The number of ketones is 1. The van der Waals surface area contributed by atoms with E-state index in [0.29, 0.717) is 13.0 Å². The van der Waals surface area contributed by atoms with E-state index in [2.05, 4.69) is 0 Å². The molecule has 1 heterocycles. The van der Waals surface area contributed by atoms with Gasteiger partial charge in [0.05, 0.1) is 6.54 Å². The molecule has 0 aliphatic carbocycles. The van der Waals surface area contributed by atoms with Crippen LogP contribution in [0.15, 0.2) is 18.2 Å². The zero-order valence-electron chi connectivity index (χ0n) is 13.5. The summed E-state index contributed by atoms with van der Waals surface area (Å²) < 4.78 is 18.5. The number of hydrogen-bond donors (Lipinski definition) is 0. The van der Waals surface area contributed by atoms with Crippen LogP contribution in [0.2, 0.25) is 0 Å². The third-order valence-electron chi connectivity index (χ3n) is 3.68. The maximum atomic E-state index is 13.2. The molecular formula is C17H22FNO3. The second-order valence-corrected chi connectivity index (χ2v) is 6.71. The summed E-state index contributed by atoms with van der Waals surface area (Å²) in [5, 5.41) is 0. The smallest absolute Gasteiger partial charge is 0.410 e. The lowest BCUT2D eigenvalue weighted by Gasteiger charge is -2.33. The van der Waals surface area contributed by atoms with Gasteiger partial charge in [0.1, 0.15) is 11.4 Å². The number of ether oxygens (including phenoxy) is 1. The van der Waals surface area contributed by atoms with Gasteiger partial charge in [-0.3, -0.25) is 4.79 Å². The van der Waals surface area contributed by atoms with E-state index in [9.17, 15) is 14.0 Å². The topological polar surface area (TPSA) is 46.6 Å². The number of benzene rings is 1. The van der Waals surface area contributed by atoms with Crippen molar-refractivity contribution in [3.63, 3.8) is 0 Å². The van der Waals surface area contributed by atoms with Crippen LogP contribution in [0.25, 0.3) is 0 Å². The molecule has 0 unspecified atom stereocenters. The molecule has 5 heteroatoms. The molecule has 0 saturated carbocycles. The summed E-state index contributed by atoms with van der Waals surface area (Å²) in [7, 11) is 0. The monoisotopic (exact) mass is 307 g/mol. The normalized spacial score (nSPS) is 19.2.